The van der Waals surface area contributed by atoms with Crippen molar-refractivity contribution in [2.45, 2.75) is 4.90 Å². The van der Waals surface area contributed by atoms with Crippen LogP contribution in [0.5, 0.6) is 0 Å². The molecule has 6 heteroatoms. The molecule has 0 aliphatic heterocycles. The average molecular weight is 247 g/mol. The van der Waals surface area contributed by atoms with Crippen molar-refractivity contribution < 1.29 is 44.0 Å². The minimum absolute atomic E-state index is 0. The molecule has 2 rings (SSSR count). The molecule has 3 N–H and O–H groups in total. The standard InChI is InChI=1S/C10H9NO3S.Na.H/c11-9-6-5-7-3-1-2-4-8(7)10(9)15(12,13)14;;/h1-6H,11H2,(H,12,13,14);;/q;+1;-1. The maximum absolute atomic E-state index is 11.1. The van der Waals surface area contributed by atoms with E-state index in [9.17, 15) is 8.42 Å². The molecule has 0 radical (unpaired) electrons. The molecule has 0 aliphatic rings. The zero-order valence-corrected chi connectivity index (χ0v) is 11.5. The van der Waals surface area contributed by atoms with Crippen molar-refractivity contribution in [3.05, 3.63) is 36.4 Å². The van der Waals surface area contributed by atoms with Crippen LogP contribution in [0.1, 0.15) is 1.43 Å². The van der Waals surface area contributed by atoms with Gasteiger partial charge < -0.3 is 7.16 Å². The summed E-state index contributed by atoms with van der Waals surface area (Å²) >= 11 is 0. The van der Waals surface area contributed by atoms with E-state index < -0.39 is 10.1 Å². The van der Waals surface area contributed by atoms with Crippen molar-refractivity contribution in [2.24, 2.45) is 0 Å². The first-order valence-electron chi connectivity index (χ1n) is 4.25. The van der Waals surface area contributed by atoms with Gasteiger partial charge in [-0.1, -0.05) is 30.3 Å². The van der Waals surface area contributed by atoms with Gasteiger partial charge in [0.1, 0.15) is 4.90 Å². The van der Waals surface area contributed by atoms with Gasteiger partial charge in [0.05, 0.1) is 5.69 Å². The molecule has 0 saturated carbocycles. The summed E-state index contributed by atoms with van der Waals surface area (Å²) in [7, 11) is -4.29. The first-order chi connectivity index (χ1) is 7.00. The first-order valence-corrected chi connectivity index (χ1v) is 5.69. The van der Waals surface area contributed by atoms with Crippen LogP contribution in [0.25, 0.3) is 10.8 Å². The van der Waals surface area contributed by atoms with Crippen LogP contribution in [0.3, 0.4) is 0 Å². The minimum atomic E-state index is -4.29. The molecule has 0 amide bonds. The third-order valence-electron chi connectivity index (χ3n) is 2.17. The molecule has 0 aromatic heterocycles. The van der Waals surface area contributed by atoms with Gasteiger partial charge in [-0.05, 0) is 11.5 Å². The van der Waals surface area contributed by atoms with E-state index in [2.05, 4.69) is 0 Å². The number of nitrogens with two attached hydrogens (primary N) is 1. The Hall–Kier alpha value is -0.590. The monoisotopic (exact) mass is 247 g/mol. The van der Waals surface area contributed by atoms with E-state index in [1.165, 1.54) is 6.07 Å². The Morgan fingerprint density at radius 1 is 1.12 bits per heavy atom. The molecule has 0 fully saturated rings. The van der Waals surface area contributed by atoms with Crippen molar-refractivity contribution in [1.82, 2.24) is 0 Å². The fourth-order valence-electron chi connectivity index (χ4n) is 1.55. The molecule has 0 saturated heterocycles. The zero-order valence-electron chi connectivity index (χ0n) is 9.71. The second-order valence-corrected chi connectivity index (χ2v) is 4.54. The number of benzene rings is 2. The summed E-state index contributed by atoms with van der Waals surface area (Å²) in [4.78, 5) is -0.222. The maximum atomic E-state index is 11.1. The number of rotatable bonds is 1. The summed E-state index contributed by atoms with van der Waals surface area (Å²) in [5.41, 5.74) is 5.59. The average Bonchev–Trinajstić information content (AvgIpc) is 2.15. The van der Waals surface area contributed by atoms with Crippen molar-refractivity contribution in [2.75, 3.05) is 5.73 Å². The van der Waals surface area contributed by atoms with Gasteiger partial charge in [-0.3, -0.25) is 4.55 Å². The molecule has 0 aliphatic carbocycles. The maximum Gasteiger partial charge on any atom is 1.00 e. The van der Waals surface area contributed by atoms with Crippen LogP contribution in [-0.4, -0.2) is 13.0 Å². The molecule has 0 bridgehead atoms. The Balaban J connectivity index is 0.00000128. The number of hydrogen-bond donors (Lipinski definition) is 2. The molecule has 16 heavy (non-hydrogen) atoms. The summed E-state index contributed by atoms with van der Waals surface area (Å²) in [5.74, 6) is 0. The molecule has 0 spiro atoms. The fourth-order valence-corrected chi connectivity index (χ4v) is 2.38. The Kier molecular flexibility index (Phi) is 3.98. The van der Waals surface area contributed by atoms with Crippen LogP contribution in [0.15, 0.2) is 41.3 Å². The third kappa shape index (κ3) is 2.39. The predicted molar refractivity (Wildman–Crippen MR) is 59.3 cm³/mol. The van der Waals surface area contributed by atoms with E-state index in [-0.39, 0.29) is 41.6 Å². The molecule has 80 valence electrons. The van der Waals surface area contributed by atoms with Gasteiger partial charge in [-0.2, -0.15) is 8.42 Å². The van der Waals surface area contributed by atoms with Gasteiger partial charge in [0, 0.05) is 5.39 Å². The Bertz CT molecular complexity index is 630. The van der Waals surface area contributed by atoms with Crippen molar-refractivity contribution in [1.29, 1.82) is 0 Å². The number of nitrogen functional groups attached to an aromatic ring is 1. The Labute approximate surface area is 117 Å². The number of hydrogen-bond acceptors (Lipinski definition) is 3. The van der Waals surface area contributed by atoms with Gasteiger partial charge in [0.15, 0.2) is 0 Å². The Morgan fingerprint density at radius 3 is 2.38 bits per heavy atom. The normalized spacial score (nSPS) is 11.1. The molecule has 0 unspecified atom stereocenters. The molecule has 0 atom stereocenters. The largest absolute Gasteiger partial charge is 1.00 e. The van der Waals surface area contributed by atoms with Gasteiger partial charge in [-0.15, -0.1) is 0 Å². The predicted octanol–water partition coefficient (Wildman–Crippen LogP) is -1.21. The number of anilines is 1. The number of fused-ring (bicyclic) bond motifs is 1. The van der Waals surface area contributed by atoms with E-state index in [1.54, 1.807) is 30.3 Å². The van der Waals surface area contributed by atoms with Crippen molar-refractivity contribution >= 4 is 26.6 Å². The van der Waals surface area contributed by atoms with E-state index in [0.29, 0.717) is 5.39 Å². The second kappa shape index (κ2) is 4.73. The third-order valence-corrected chi connectivity index (χ3v) is 3.14. The molecular formula is C10H10NNaO3S. The van der Waals surface area contributed by atoms with Gasteiger partial charge in [0.2, 0.25) is 0 Å². The SMILES string of the molecule is Nc1ccc2ccccc2c1S(=O)(=O)O.[H-].[Na+]. The van der Waals surface area contributed by atoms with E-state index in [1.807, 2.05) is 0 Å². The summed E-state index contributed by atoms with van der Waals surface area (Å²) in [5, 5.41) is 1.15. The molecule has 2 aromatic carbocycles. The quantitative estimate of drug-likeness (QED) is 0.376. The Morgan fingerprint density at radius 2 is 1.75 bits per heavy atom. The fraction of sp³-hybridized carbons (Fsp3) is 0. The molecular weight excluding hydrogens is 237 g/mol. The molecule has 4 nitrogen and oxygen atoms in total. The van der Waals surface area contributed by atoms with Gasteiger partial charge in [0.25, 0.3) is 10.1 Å². The van der Waals surface area contributed by atoms with Crippen LogP contribution in [0.2, 0.25) is 0 Å². The molecule has 2 aromatic rings. The second-order valence-electron chi connectivity index (χ2n) is 3.18. The first kappa shape index (κ1) is 13.5. The van der Waals surface area contributed by atoms with E-state index in [4.69, 9.17) is 10.3 Å². The van der Waals surface area contributed by atoms with Crippen LogP contribution in [0, 0.1) is 0 Å². The zero-order chi connectivity index (χ0) is 11.1. The molecule has 0 heterocycles. The van der Waals surface area contributed by atoms with Crippen LogP contribution >= 0.6 is 0 Å². The smallest absolute Gasteiger partial charge is 1.00 e. The van der Waals surface area contributed by atoms with Gasteiger partial charge >= 0.3 is 29.6 Å². The van der Waals surface area contributed by atoms with Crippen molar-refractivity contribution in [3.63, 3.8) is 0 Å². The van der Waals surface area contributed by atoms with E-state index >= 15 is 0 Å². The van der Waals surface area contributed by atoms with Crippen molar-refractivity contribution in [3.8, 4) is 0 Å². The van der Waals surface area contributed by atoms with Crippen LogP contribution < -0.4 is 35.3 Å². The van der Waals surface area contributed by atoms with E-state index in [0.717, 1.165) is 5.39 Å². The van der Waals surface area contributed by atoms with Gasteiger partial charge in [-0.25, -0.2) is 0 Å². The topological polar surface area (TPSA) is 80.4 Å². The summed E-state index contributed by atoms with van der Waals surface area (Å²) in [6.07, 6.45) is 0. The minimum Gasteiger partial charge on any atom is -1.00 e. The van der Waals surface area contributed by atoms with Crippen LogP contribution in [0.4, 0.5) is 5.69 Å². The summed E-state index contributed by atoms with van der Waals surface area (Å²) < 4.78 is 31.3. The summed E-state index contributed by atoms with van der Waals surface area (Å²) in [6.45, 7) is 0. The summed E-state index contributed by atoms with van der Waals surface area (Å²) in [6, 6.07) is 10.0. The van der Waals surface area contributed by atoms with Crippen LogP contribution in [-0.2, 0) is 10.1 Å².